The lowest BCUT2D eigenvalue weighted by Gasteiger charge is -2.43. The summed E-state index contributed by atoms with van der Waals surface area (Å²) in [5.74, 6) is 1.78. The van der Waals surface area contributed by atoms with Crippen LogP contribution in [0.4, 0.5) is 0 Å². The van der Waals surface area contributed by atoms with Gasteiger partial charge in [0.2, 0.25) is 0 Å². The van der Waals surface area contributed by atoms with Crippen LogP contribution in [0.1, 0.15) is 45.4 Å². The van der Waals surface area contributed by atoms with Gasteiger partial charge in [0.25, 0.3) is 0 Å². The van der Waals surface area contributed by atoms with E-state index in [0.717, 1.165) is 44.5 Å². The van der Waals surface area contributed by atoms with Crippen LogP contribution in [-0.4, -0.2) is 63.3 Å². The van der Waals surface area contributed by atoms with Crippen LogP contribution in [0, 0.1) is 5.92 Å². The molecule has 2 atom stereocenters. The van der Waals surface area contributed by atoms with E-state index >= 15 is 0 Å². The highest BCUT2D eigenvalue weighted by molar-refractivity contribution is 5.80. The molecule has 1 aliphatic heterocycles. The smallest absolute Gasteiger partial charge is 0.191 e. The second-order valence-corrected chi connectivity index (χ2v) is 7.27. The average molecular weight is 310 g/mol. The van der Waals surface area contributed by atoms with Crippen molar-refractivity contribution in [3.63, 3.8) is 0 Å². The van der Waals surface area contributed by atoms with Gasteiger partial charge in [-0.2, -0.15) is 0 Å². The van der Waals surface area contributed by atoms with E-state index in [1.54, 1.807) is 0 Å². The van der Waals surface area contributed by atoms with Crippen LogP contribution < -0.4 is 10.6 Å². The van der Waals surface area contributed by atoms with E-state index in [-0.39, 0.29) is 5.54 Å². The number of likely N-dealkylation sites (N-methyl/N-ethyl adjacent to an activating group) is 1. The zero-order valence-electron chi connectivity index (χ0n) is 14.8. The van der Waals surface area contributed by atoms with Crippen LogP contribution >= 0.6 is 0 Å². The molecule has 0 spiro atoms. The Balaban J connectivity index is 1.86. The number of nitrogens with one attached hydrogen (secondary N) is 2. The first-order valence-corrected chi connectivity index (χ1v) is 8.78. The van der Waals surface area contributed by atoms with E-state index < -0.39 is 0 Å². The average Bonchev–Trinajstić information content (AvgIpc) is 2.52. The van der Waals surface area contributed by atoms with Crippen LogP contribution in [0.2, 0.25) is 0 Å². The molecule has 128 valence electrons. The highest BCUT2D eigenvalue weighted by Crippen LogP contribution is 2.25. The van der Waals surface area contributed by atoms with Crippen molar-refractivity contribution in [3.8, 4) is 0 Å². The standard InChI is InChI=1S/C17H34N4O/c1-14-6-5-7-15(12-14)20-16(18-2)19-13-17(21(3)4)8-10-22-11-9-17/h14-15H,5-13H2,1-4H3,(H2,18,19,20). The van der Waals surface area contributed by atoms with Crippen molar-refractivity contribution in [2.24, 2.45) is 10.9 Å². The summed E-state index contributed by atoms with van der Waals surface area (Å²) in [6.45, 7) is 4.98. The molecule has 22 heavy (non-hydrogen) atoms. The summed E-state index contributed by atoms with van der Waals surface area (Å²) in [5.41, 5.74) is 0.176. The summed E-state index contributed by atoms with van der Waals surface area (Å²) < 4.78 is 5.54. The molecule has 1 saturated carbocycles. The van der Waals surface area contributed by atoms with Crippen LogP contribution in [0.5, 0.6) is 0 Å². The lowest BCUT2D eigenvalue weighted by atomic mass is 9.87. The molecular formula is C17H34N4O. The maximum Gasteiger partial charge on any atom is 0.191 e. The second kappa shape index (κ2) is 8.16. The fourth-order valence-corrected chi connectivity index (χ4v) is 3.73. The van der Waals surface area contributed by atoms with Crippen molar-refractivity contribution in [2.45, 2.75) is 57.0 Å². The number of rotatable bonds is 4. The molecule has 2 rings (SSSR count). The molecule has 1 heterocycles. The molecule has 0 aromatic rings. The van der Waals surface area contributed by atoms with Gasteiger partial charge in [-0.05, 0) is 45.7 Å². The zero-order chi connectivity index (χ0) is 16.0. The molecule has 0 amide bonds. The van der Waals surface area contributed by atoms with Crippen molar-refractivity contribution in [2.75, 3.05) is 40.9 Å². The van der Waals surface area contributed by atoms with Gasteiger partial charge in [0.15, 0.2) is 5.96 Å². The summed E-state index contributed by atoms with van der Waals surface area (Å²) in [7, 11) is 6.21. The van der Waals surface area contributed by atoms with E-state index in [9.17, 15) is 0 Å². The van der Waals surface area contributed by atoms with Crippen molar-refractivity contribution < 1.29 is 4.74 Å². The summed E-state index contributed by atoms with van der Waals surface area (Å²) in [5, 5.41) is 7.19. The third-order valence-electron chi connectivity index (χ3n) is 5.46. The van der Waals surface area contributed by atoms with Gasteiger partial charge in [0.1, 0.15) is 0 Å². The first-order valence-electron chi connectivity index (χ1n) is 8.78. The van der Waals surface area contributed by atoms with Gasteiger partial charge in [0.05, 0.1) is 0 Å². The monoisotopic (exact) mass is 310 g/mol. The molecular weight excluding hydrogens is 276 g/mol. The van der Waals surface area contributed by atoms with E-state index in [1.807, 2.05) is 7.05 Å². The Labute approximate surface area is 135 Å². The highest BCUT2D eigenvalue weighted by atomic mass is 16.5. The first kappa shape index (κ1) is 17.5. The van der Waals surface area contributed by atoms with Gasteiger partial charge < -0.3 is 20.3 Å². The minimum atomic E-state index is 0.176. The summed E-state index contributed by atoms with van der Waals surface area (Å²) >= 11 is 0. The Morgan fingerprint density at radius 1 is 1.27 bits per heavy atom. The quantitative estimate of drug-likeness (QED) is 0.614. The molecule has 2 aliphatic rings. The zero-order valence-corrected chi connectivity index (χ0v) is 14.8. The molecule has 1 aliphatic carbocycles. The van der Waals surface area contributed by atoms with Crippen molar-refractivity contribution in [3.05, 3.63) is 0 Å². The van der Waals surface area contributed by atoms with Crippen LogP contribution in [0.25, 0.3) is 0 Å². The fraction of sp³-hybridized carbons (Fsp3) is 0.941. The summed E-state index contributed by atoms with van der Waals surface area (Å²) in [4.78, 5) is 6.77. The largest absolute Gasteiger partial charge is 0.381 e. The molecule has 5 nitrogen and oxygen atoms in total. The van der Waals surface area contributed by atoms with Gasteiger partial charge >= 0.3 is 0 Å². The Kier molecular flexibility index (Phi) is 6.50. The van der Waals surface area contributed by atoms with E-state index in [0.29, 0.717) is 6.04 Å². The SMILES string of the molecule is CN=C(NCC1(N(C)C)CCOCC1)NC1CCCC(C)C1. The minimum Gasteiger partial charge on any atom is -0.381 e. The molecule has 2 unspecified atom stereocenters. The number of nitrogens with zero attached hydrogens (tertiary/aromatic N) is 2. The molecule has 1 saturated heterocycles. The lowest BCUT2D eigenvalue weighted by Crippen LogP contribution is -2.57. The Hall–Kier alpha value is -0.810. The molecule has 0 aromatic heterocycles. The van der Waals surface area contributed by atoms with Crippen molar-refractivity contribution >= 4 is 5.96 Å². The summed E-state index contributed by atoms with van der Waals surface area (Å²) in [6.07, 6.45) is 7.36. The van der Waals surface area contributed by atoms with Crippen LogP contribution in [-0.2, 0) is 4.74 Å². The van der Waals surface area contributed by atoms with Crippen molar-refractivity contribution in [1.82, 2.24) is 15.5 Å². The number of aliphatic imine (C=N–C) groups is 1. The second-order valence-electron chi connectivity index (χ2n) is 7.27. The highest BCUT2D eigenvalue weighted by Gasteiger charge is 2.35. The molecule has 2 N–H and O–H groups in total. The van der Waals surface area contributed by atoms with Gasteiger partial charge in [-0.25, -0.2) is 0 Å². The first-order chi connectivity index (χ1) is 10.6. The van der Waals surface area contributed by atoms with Gasteiger partial charge in [0, 0.05) is 38.4 Å². The Bertz CT molecular complexity index is 364. The molecule has 5 heteroatoms. The maximum atomic E-state index is 5.54. The predicted octanol–water partition coefficient (Wildman–Crippen LogP) is 1.84. The van der Waals surface area contributed by atoms with E-state index in [4.69, 9.17) is 4.74 Å². The van der Waals surface area contributed by atoms with Gasteiger partial charge in [-0.1, -0.05) is 19.8 Å². The molecule has 0 bridgehead atoms. The molecule has 2 fully saturated rings. The Morgan fingerprint density at radius 3 is 2.59 bits per heavy atom. The van der Waals surface area contributed by atoms with E-state index in [2.05, 4.69) is 41.5 Å². The van der Waals surface area contributed by atoms with E-state index in [1.165, 1.54) is 25.7 Å². The van der Waals surface area contributed by atoms with Crippen molar-refractivity contribution in [1.29, 1.82) is 0 Å². The number of hydrogen-bond acceptors (Lipinski definition) is 3. The molecule has 0 aromatic carbocycles. The Morgan fingerprint density at radius 2 is 2.00 bits per heavy atom. The number of hydrogen-bond donors (Lipinski definition) is 2. The fourth-order valence-electron chi connectivity index (χ4n) is 3.73. The topological polar surface area (TPSA) is 48.9 Å². The third kappa shape index (κ3) is 4.59. The van der Waals surface area contributed by atoms with Gasteiger partial charge in [-0.3, -0.25) is 4.99 Å². The van der Waals surface area contributed by atoms with Crippen LogP contribution in [0.3, 0.4) is 0 Å². The summed E-state index contributed by atoms with van der Waals surface area (Å²) in [6, 6.07) is 0.569. The third-order valence-corrected chi connectivity index (χ3v) is 5.46. The minimum absolute atomic E-state index is 0.176. The number of guanidine groups is 1. The molecule has 0 radical (unpaired) electrons. The number of ether oxygens (including phenoxy) is 1. The normalized spacial score (nSPS) is 29.4. The van der Waals surface area contributed by atoms with Gasteiger partial charge in [-0.15, -0.1) is 0 Å². The predicted molar refractivity (Wildman–Crippen MR) is 92.4 cm³/mol. The lowest BCUT2D eigenvalue weighted by molar-refractivity contribution is -0.00504. The van der Waals surface area contributed by atoms with Crippen LogP contribution in [0.15, 0.2) is 4.99 Å². The maximum absolute atomic E-state index is 5.54.